The molecule has 47 heavy (non-hydrogen) atoms. The Balaban J connectivity index is 1.25. The van der Waals surface area contributed by atoms with Gasteiger partial charge in [0.25, 0.3) is 0 Å². The second-order valence-electron chi connectivity index (χ2n) is 11.7. The molecule has 2 unspecified atom stereocenters. The van der Waals surface area contributed by atoms with Gasteiger partial charge in [0, 0.05) is 64.9 Å². The molecule has 5 aliphatic heterocycles. The van der Waals surface area contributed by atoms with Crippen LogP contribution in [0, 0.1) is 0 Å². The molecule has 0 fully saturated rings. The maximum absolute atomic E-state index is 6.50. The normalized spacial score (nSPS) is 19.9. The van der Waals surface area contributed by atoms with Crippen LogP contribution in [0.4, 0.5) is 0 Å². The Morgan fingerprint density at radius 3 is 2.66 bits per heavy atom. The van der Waals surface area contributed by atoms with E-state index in [4.69, 9.17) is 44.0 Å². The van der Waals surface area contributed by atoms with Crippen LogP contribution in [0.3, 0.4) is 0 Å². The maximum atomic E-state index is 6.50. The number of hydrogen-bond donors (Lipinski definition) is 0. The van der Waals surface area contributed by atoms with E-state index in [2.05, 4.69) is 39.6 Å². The second-order valence-corrected chi connectivity index (χ2v) is 13.8. The summed E-state index contributed by atoms with van der Waals surface area (Å²) in [5.74, 6) is 4.26. The molecule has 9 heterocycles. The first-order chi connectivity index (χ1) is 23.3. The van der Waals surface area contributed by atoms with Crippen LogP contribution in [-0.4, -0.2) is 73.7 Å². The number of aromatic nitrogens is 7. The van der Waals surface area contributed by atoms with E-state index >= 15 is 0 Å². The molecule has 5 aliphatic rings. The van der Waals surface area contributed by atoms with Crippen LogP contribution < -0.4 is 23.7 Å². The fraction of sp³-hybridized carbons (Fsp3) is 0.303. The highest BCUT2D eigenvalue weighted by molar-refractivity contribution is 7.99. The lowest BCUT2D eigenvalue weighted by Gasteiger charge is -2.35. The first-order valence-electron chi connectivity index (χ1n) is 15.4. The minimum atomic E-state index is -0.227. The van der Waals surface area contributed by atoms with Gasteiger partial charge in [0.1, 0.15) is 23.1 Å². The Hall–Kier alpha value is -4.69. The van der Waals surface area contributed by atoms with Gasteiger partial charge in [0.15, 0.2) is 0 Å². The summed E-state index contributed by atoms with van der Waals surface area (Å²) in [7, 11) is 0. The van der Waals surface area contributed by atoms with Crippen molar-refractivity contribution in [1.82, 2.24) is 35.6 Å². The lowest BCUT2D eigenvalue weighted by Crippen LogP contribution is -2.28. The molecule has 5 aromatic rings. The van der Waals surface area contributed by atoms with Crippen molar-refractivity contribution in [3.63, 3.8) is 0 Å². The zero-order chi connectivity index (χ0) is 30.9. The molecule has 0 amide bonds. The van der Waals surface area contributed by atoms with Crippen molar-refractivity contribution >= 4 is 23.5 Å². The van der Waals surface area contributed by atoms with Gasteiger partial charge in [-0.1, -0.05) is 23.9 Å². The van der Waals surface area contributed by atoms with Gasteiger partial charge in [-0.05, 0) is 23.3 Å². The van der Waals surface area contributed by atoms with Crippen LogP contribution in [0.5, 0.6) is 29.1 Å². The topological polar surface area (TPSA) is 136 Å². The van der Waals surface area contributed by atoms with E-state index in [1.54, 1.807) is 29.7 Å². The standard InChI is InChI=1S/C33H25N7O5S2/c1-2-23-16(3-5-41-23)9-17(1)27-20(21-10-24-26(13-34-21)47-15-45-24)14-44-33-29(27)28(22-11-25-32(39-36-22)43-7-8-46-25)30(37-40-33)19-12-35-38-31-18(19)4-6-42-31/h1-2,9-13,20,27H,3-8,14-15H2. The van der Waals surface area contributed by atoms with Crippen molar-refractivity contribution in [1.29, 1.82) is 0 Å². The van der Waals surface area contributed by atoms with Crippen LogP contribution in [-0.2, 0) is 12.8 Å². The van der Waals surface area contributed by atoms with E-state index in [1.165, 1.54) is 5.56 Å². The second kappa shape index (κ2) is 10.9. The number of thioether (sulfide) groups is 2. The zero-order valence-corrected chi connectivity index (χ0v) is 26.5. The number of nitrogens with zero attached hydrogens (tertiary/aromatic N) is 7. The Kier molecular flexibility index (Phi) is 6.39. The fourth-order valence-corrected chi connectivity index (χ4v) is 8.51. The van der Waals surface area contributed by atoms with Crippen molar-refractivity contribution < 1.29 is 23.7 Å². The Bertz CT molecular complexity index is 2100. The smallest absolute Gasteiger partial charge is 0.247 e. The lowest BCUT2D eigenvalue weighted by atomic mass is 9.75. The van der Waals surface area contributed by atoms with E-state index in [-0.39, 0.29) is 11.8 Å². The van der Waals surface area contributed by atoms with E-state index in [0.717, 1.165) is 67.0 Å². The summed E-state index contributed by atoms with van der Waals surface area (Å²) in [4.78, 5) is 6.92. The molecule has 14 heteroatoms. The predicted octanol–water partition coefficient (Wildman–Crippen LogP) is 4.89. The molecular formula is C33H25N7O5S2. The highest BCUT2D eigenvalue weighted by Crippen LogP contribution is 2.53. The molecule has 0 saturated heterocycles. The molecule has 0 radical (unpaired) electrons. The maximum Gasteiger partial charge on any atom is 0.247 e. The molecule has 12 nitrogen and oxygen atoms in total. The predicted molar refractivity (Wildman–Crippen MR) is 171 cm³/mol. The molecule has 1 aromatic carbocycles. The molecule has 0 saturated carbocycles. The summed E-state index contributed by atoms with van der Waals surface area (Å²) in [6.07, 6.45) is 5.17. The quantitative estimate of drug-likeness (QED) is 0.258. The largest absolute Gasteiger partial charge is 0.493 e. The number of rotatable bonds is 4. The third-order valence-electron chi connectivity index (χ3n) is 9.15. The lowest BCUT2D eigenvalue weighted by molar-refractivity contribution is 0.233. The average Bonchev–Trinajstić information content (AvgIpc) is 3.91. The molecule has 0 spiro atoms. The van der Waals surface area contributed by atoms with E-state index in [0.29, 0.717) is 67.8 Å². The van der Waals surface area contributed by atoms with Crippen molar-refractivity contribution in [3.8, 4) is 51.7 Å². The number of benzene rings is 1. The van der Waals surface area contributed by atoms with Gasteiger partial charge in [-0.15, -0.1) is 37.3 Å². The summed E-state index contributed by atoms with van der Waals surface area (Å²) < 4.78 is 30.0. The molecule has 0 bridgehead atoms. The Morgan fingerprint density at radius 2 is 1.66 bits per heavy atom. The SMILES string of the molecule is c1cc2c(cc1C1c3c(nnc(-c4cnnc5c4CCO5)c3-c3cc4c(nn3)OCCS4)OCC1c1cc3c(cn1)SCO3)CCO2. The zero-order valence-electron chi connectivity index (χ0n) is 24.8. The van der Waals surface area contributed by atoms with Crippen molar-refractivity contribution in [2.24, 2.45) is 0 Å². The van der Waals surface area contributed by atoms with Crippen LogP contribution in [0.2, 0.25) is 0 Å². The third kappa shape index (κ3) is 4.48. The summed E-state index contributed by atoms with van der Waals surface area (Å²) in [6.45, 7) is 2.14. The monoisotopic (exact) mass is 663 g/mol. The van der Waals surface area contributed by atoms with Crippen molar-refractivity contribution in [2.45, 2.75) is 34.5 Å². The van der Waals surface area contributed by atoms with E-state index < -0.39 is 0 Å². The molecule has 4 aromatic heterocycles. The molecule has 10 rings (SSSR count). The minimum Gasteiger partial charge on any atom is -0.493 e. The average molecular weight is 664 g/mol. The third-order valence-corrected chi connectivity index (χ3v) is 11.0. The highest BCUT2D eigenvalue weighted by Gasteiger charge is 2.41. The van der Waals surface area contributed by atoms with E-state index in [1.807, 2.05) is 12.3 Å². The van der Waals surface area contributed by atoms with Crippen LogP contribution >= 0.6 is 23.5 Å². The summed E-state index contributed by atoms with van der Waals surface area (Å²) in [5.41, 5.74) is 7.80. The van der Waals surface area contributed by atoms with E-state index in [9.17, 15) is 0 Å². The summed E-state index contributed by atoms with van der Waals surface area (Å²) in [5, 5.41) is 27.3. The van der Waals surface area contributed by atoms with Crippen molar-refractivity contribution in [3.05, 3.63) is 70.7 Å². The minimum absolute atomic E-state index is 0.175. The number of ether oxygens (including phenoxy) is 5. The number of pyridine rings is 1. The molecular weight excluding hydrogens is 639 g/mol. The highest BCUT2D eigenvalue weighted by atomic mass is 32.2. The molecule has 0 N–H and O–H groups in total. The van der Waals surface area contributed by atoms with Gasteiger partial charge in [0.2, 0.25) is 17.6 Å². The molecule has 0 aliphatic carbocycles. The molecule has 234 valence electrons. The van der Waals surface area contributed by atoms with Crippen molar-refractivity contribution in [2.75, 3.05) is 38.1 Å². The summed E-state index contributed by atoms with van der Waals surface area (Å²) >= 11 is 3.35. The summed E-state index contributed by atoms with van der Waals surface area (Å²) in [6, 6.07) is 10.5. The Morgan fingerprint density at radius 1 is 0.723 bits per heavy atom. The van der Waals surface area contributed by atoms with Gasteiger partial charge in [-0.25, -0.2) is 0 Å². The first kappa shape index (κ1) is 27.4. The van der Waals surface area contributed by atoms with Gasteiger partial charge in [-0.3, -0.25) is 4.98 Å². The number of fused-ring (bicyclic) bond motifs is 5. The van der Waals surface area contributed by atoms with Gasteiger partial charge >= 0.3 is 0 Å². The Labute approximate surface area is 277 Å². The van der Waals surface area contributed by atoms with Crippen LogP contribution in [0.15, 0.2) is 52.5 Å². The van der Waals surface area contributed by atoms with Gasteiger partial charge < -0.3 is 23.7 Å². The van der Waals surface area contributed by atoms with Crippen LogP contribution in [0.1, 0.15) is 39.8 Å². The van der Waals surface area contributed by atoms with Crippen LogP contribution in [0.25, 0.3) is 22.5 Å². The van der Waals surface area contributed by atoms with Gasteiger partial charge in [-0.2, -0.15) is 5.10 Å². The fourth-order valence-electron chi connectivity index (χ4n) is 7.00. The van der Waals surface area contributed by atoms with Gasteiger partial charge in [0.05, 0.1) is 53.8 Å². The molecule has 2 atom stereocenters. The number of hydrogen-bond acceptors (Lipinski definition) is 14. The first-order valence-corrected chi connectivity index (χ1v) is 17.4.